The molecule has 0 aromatic heterocycles. The Morgan fingerprint density at radius 3 is 2.27 bits per heavy atom. The van der Waals surface area contributed by atoms with Crippen LogP contribution in [0.25, 0.3) is 0 Å². The van der Waals surface area contributed by atoms with E-state index in [2.05, 4.69) is 40.0 Å². The minimum atomic E-state index is 0.207. The average molecular weight is 150 g/mol. The summed E-state index contributed by atoms with van der Waals surface area (Å²) in [6, 6.07) is 0. The molecule has 0 nitrogen and oxygen atoms in total. The van der Waals surface area contributed by atoms with Crippen molar-refractivity contribution in [2.75, 3.05) is 0 Å². The van der Waals surface area contributed by atoms with Crippen molar-refractivity contribution >= 4 is 0 Å². The first-order valence-electron chi connectivity index (χ1n) is 4.34. The van der Waals surface area contributed by atoms with Gasteiger partial charge in [-0.1, -0.05) is 39.0 Å². The lowest BCUT2D eigenvalue weighted by molar-refractivity contribution is 0.445. The van der Waals surface area contributed by atoms with Gasteiger partial charge in [-0.3, -0.25) is 0 Å². The van der Waals surface area contributed by atoms with Crippen LogP contribution in [0, 0.1) is 17.3 Å². The molecule has 3 atom stereocenters. The molecule has 1 rings (SSSR count). The van der Waals surface area contributed by atoms with Crippen LogP contribution in [-0.4, -0.2) is 0 Å². The molecule has 0 aromatic rings. The zero-order valence-corrected chi connectivity index (χ0v) is 7.85. The van der Waals surface area contributed by atoms with E-state index in [9.17, 15) is 0 Å². The first-order valence-corrected chi connectivity index (χ1v) is 4.34. The molecule has 0 aliphatic heterocycles. The largest absolute Gasteiger partial charge is 0.102 e. The summed E-state index contributed by atoms with van der Waals surface area (Å²) in [4.78, 5) is 0. The zero-order valence-electron chi connectivity index (χ0n) is 7.85. The summed E-state index contributed by atoms with van der Waals surface area (Å²) in [5.41, 5.74) is 1.57. The number of allylic oxidation sites excluding steroid dienone is 2. The van der Waals surface area contributed by atoms with Gasteiger partial charge in [-0.25, -0.2) is 0 Å². The molecule has 0 heterocycles. The van der Waals surface area contributed by atoms with Crippen molar-refractivity contribution in [1.82, 2.24) is 0 Å². The summed E-state index contributed by atoms with van der Waals surface area (Å²) < 4.78 is 0. The van der Waals surface area contributed by atoms with Crippen LogP contribution < -0.4 is 0 Å². The van der Waals surface area contributed by atoms with Crippen LogP contribution in [0.15, 0.2) is 24.8 Å². The second kappa shape index (κ2) is 2.51. The minimum absolute atomic E-state index is 0.207. The molecule has 0 heteroatoms. The van der Waals surface area contributed by atoms with E-state index >= 15 is 0 Å². The summed E-state index contributed by atoms with van der Waals surface area (Å²) in [6.45, 7) is 14.8. The van der Waals surface area contributed by atoms with Crippen LogP contribution in [0.2, 0.25) is 0 Å². The second-order valence-corrected chi connectivity index (χ2v) is 4.12. The number of rotatable bonds is 1. The Labute approximate surface area is 70.0 Å². The van der Waals surface area contributed by atoms with Crippen molar-refractivity contribution < 1.29 is 0 Å². The number of hydrogen-bond donors (Lipinski definition) is 0. The van der Waals surface area contributed by atoms with E-state index in [1.807, 2.05) is 0 Å². The molecule has 1 fully saturated rings. The average Bonchev–Trinajstić information content (AvgIpc) is 2.17. The Morgan fingerprint density at radius 2 is 2.09 bits per heavy atom. The third kappa shape index (κ3) is 1.15. The van der Waals surface area contributed by atoms with Crippen molar-refractivity contribution in [2.45, 2.75) is 27.2 Å². The van der Waals surface area contributed by atoms with Crippen molar-refractivity contribution in [2.24, 2.45) is 17.3 Å². The lowest BCUT2D eigenvalue weighted by Gasteiger charge is -2.20. The molecule has 0 bridgehead atoms. The van der Waals surface area contributed by atoms with E-state index in [1.165, 1.54) is 12.0 Å². The standard InChI is InChI=1S/C11H18/c1-6-11(5)7-8(2)9(3)10(11)4/h6,8-9H,1,4,7H2,2-3,5H3. The topological polar surface area (TPSA) is 0 Å². The Morgan fingerprint density at radius 1 is 1.55 bits per heavy atom. The molecule has 0 saturated heterocycles. The van der Waals surface area contributed by atoms with Gasteiger partial charge in [-0.15, -0.1) is 6.58 Å². The van der Waals surface area contributed by atoms with Gasteiger partial charge in [0.15, 0.2) is 0 Å². The fourth-order valence-corrected chi connectivity index (χ4v) is 2.05. The van der Waals surface area contributed by atoms with E-state index < -0.39 is 0 Å². The molecule has 0 N–H and O–H groups in total. The van der Waals surface area contributed by atoms with E-state index in [-0.39, 0.29) is 5.41 Å². The van der Waals surface area contributed by atoms with Gasteiger partial charge >= 0.3 is 0 Å². The molecule has 0 spiro atoms. The van der Waals surface area contributed by atoms with Gasteiger partial charge < -0.3 is 0 Å². The molecular weight excluding hydrogens is 132 g/mol. The third-order valence-electron chi connectivity index (χ3n) is 3.33. The molecular formula is C11H18. The van der Waals surface area contributed by atoms with Crippen molar-refractivity contribution in [3.8, 4) is 0 Å². The van der Waals surface area contributed by atoms with Crippen LogP contribution in [-0.2, 0) is 0 Å². The molecule has 62 valence electrons. The minimum Gasteiger partial charge on any atom is -0.102 e. The lowest BCUT2D eigenvalue weighted by Crippen LogP contribution is -2.09. The predicted molar refractivity (Wildman–Crippen MR) is 50.4 cm³/mol. The quantitative estimate of drug-likeness (QED) is 0.502. The monoisotopic (exact) mass is 150 g/mol. The molecule has 1 saturated carbocycles. The lowest BCUT2D eigenvalue weighted by atomic mass is 9.84. The van der Waals surface area contributed by atoms with Gasteiger partial charge in [0, 0.05) is 5.41 Å². The predicted octanol–water partition coefficient (Wildman–Crippen LogP) is 3.41. The molecule has 0 amide bonds. The first kappa shape index (κ1) is 8.58. The summed E-state index contributed by atoms with van der Waals surface area (Å²) in [7, 11) is 0. The van der Waals surface area contributed by atoms with Crippen molar-refractivity contribution in [3.05, 3.63) is 24.8 Å². The molecule has 1 aliphatic carbocycles. The van der Waals surface area contributed by atoms with Crippen molar-refractivity contribution in [1.29, 1.82) is 0 Å². The van der Waals surface area contributed by atoms with Crippen molar-refractivity contribution in [3.63, 3.8) is 0 Å². The number of hydrogen-bond acceptors (Lipinski definition) is 0. The summed E-state index contributed by atoms with van der Waals surface area (Å²) in [6.07, 6.45) is 3.27. The van der Waals surface area contributed by atoms with Crippen LogP contribution >= 0.6 is 0 Å². The molecule has 0 radical (unpaired) electrons. The zero-order chi connectivity index (χ0) is 8.65. The van der Waals surface area contributed by atoms with Crippen LogP contribution in [0.4, 0.5) is 0 Å². The molecule has 1 aliphatic rings. The van der Waals surface area contributed by atoms with Crippen LogP contribution in [0.1, 0.15) is 27.2 Å². The highest BCUT2D eigenvalue weighted by Crippen LogP contribution is 2.49. The maximum atomic E-state index is 4.14. The van der Waals surface area contributed by atoms with Gasteiger partial charge in [0.2, 0.25) is 0 Å². The summed E-state index contributed by atoms with van der Waals surface area (Å²) in [5, 5.41) is 0. The maximum Gasteiger partial charge on any atom is 0.00626 e. The third-order valence-corrected chi connectivity index (χ3v) is 3.33. The highest BCUT2D eigenvalue weighted by molar-refractivity contribution is 5.24. The van der Waals surface area contributed by atoms with Gasteiger partial charge in [0.25, 0.3) is 0 Å². The SMILES string of the molecule is C=CC1(C)CC(C)C(C)C1=C. The van der Waals surface area contributed by atoms with E-state index in [4.69, 9.17) is 0 Å². The first-order chi connectivity index (χ1) is 5.01. The van der Waals surface area contributed by atoms with E-state index in [0.29, 0.717) is 5.92 Å². The highest BCUT2D eigenvalue weighted by atomic mass is 14.4. The van der Waals surface area contributed by atoms with Gasteiger partial charge in [-0.05, 0) is 18.3 Å². The van der Waals surface area contributed by atoms with Gasteiger partial charge in [0.1, 0.15) is 0 Å². The Bertz CT molecular complexity index is 190. The normalized spacial score (nSPS) is 44.5. The van der Waals surface area contributed by atoms with Crippen LogP contribution in [0.5, 0.6) is 0 Å². The second-order valence-electron chi connectivity index (χ2n) is 4.12. The smallest absolute Gasteiger partial charge is 0.00626 e. The van der Waals surface area contributed by atoms with E-state index in [1.54, 1.807) is 0 Å². The Kier molecular flexibility index (Phi) is 1.96. The molecule has 3 unspecified atom stereocenters. The summed E-state index contributed by atoms with van der Waals surface area (Å²) >= 11 is 0. The highest BCUT2D eigenvalue weighted by Gasteiger charge is 2.38. The van der Waals surface area contributed by atoms with Crippen LogP contribution in [0.3, 0.4) is 0 Å². The Hall–Kier alpha value is -0.520. The van der Waals surface area contributed by atoms with E-state index in [0.717, 1.165) is 5.92 Å². The molecule has 0 aromatic carbocycles. The fourth-order valence-electron chi connectivity index (χ4n) is 2.05. The maximum absolute atomic E-state index is 4.14. The summed E-state index contributed by atoms with van der Waals surface area (Å²) in [5.74, 6) is 1.43. The van der Waals surface area contributed by atoms with Gasteiger partial charge in [0.05, 0.1) is 0 Å². The Balaban J connectivity index is 2.90. The fraction of sp³-hybridized carbons (Fsp3) is 0.636. The van der Waals surface area contributed by atoms with Gasteiger partial charge in [-0.2, -0.15) is 0 Å². The molecule has 11 heavy (non-hydrogen) atoms.